The number of benzene rings is 1. The highest BCUT2D eigenvalue weighted by Gasteiger charge is 2.41. The van der Waals surface area contributed by atoms with E-state index in [1.54, 1.807) is 5.30 Å². The Balaban J connectivity index is 3.38. The third-order valence-electron chi connectivity index (χ3n) is 4.02. The molecule has 1 aromatic carbocycles. The molecule has 1 rings (SSSR count). The lowest BCUT2D eigenvalue weighted by Gasteiger charge is -2.43. The molecule has 0 aliphatic heterocycles. The maximum absolute atomic E-state index is 2.58. The molecule has 0 radical (unpaired) electrons. The molecule has 3 heteroatoms. The zero-order valence-electron chi connectivity index (χ0n) is 15.2. The molecular formula is C17H33PSi2. The third-order valence-corrected chi connectivity index (χ3v) is 21.7. The SMILES string of the molecule is Cc1cc(C)c(P(C)C([Si](C)(C)C)[Si](C)(C)C)c(C)c1. The van der Waals surface area contributed by atoms with Gasteiger partial charge in [-0.25, -0.2) is 0 Å². The normalized spacial score (nSPS) is 14.8. The average molecular weight is 325 g/mol. The summed E-state index contributed by atoms with van der Waals surface area (Å²) in [6.45, 7) is 24.9. The van der Waals surface area contributed by atoms with Crippen molar-refractivity contribution in [2.45, 2.75) is 65.0 Å². The lowest BCUT2D eigenvalue weighted by atomic mass is 10.1. The summed E-state index contributed by atoms with van der Waals surface area (Å²) in [5.74, 6) is 0. The van der Waals surface area contributed by atoms with Crippen molar-refractivity contribution in [3.05, 3.63) is 28.8 Å². The van der Waals surface area contributed by atoms with Gasteiger partial charge in [0.2, 0.25) is 0 Å². The van der Waals surface area contributed by atoms with Crippen molar-refractivity contribution < 1.29 is 0 Å². The van der Waals surface area contributed by atoms with Gasteiger partial charge in [-0.05, 0) is 48.8 Å². The third kappa shape index (κ3) is 4.05. The molecule has 0 bridgehead atoms. The van der Waals surface area contributed by atoms with Crippen LogP contribution in [0.25, 0.3) is 0 Å². The summed E-state index contributed by atoms with van der Waals surface area (Å²) in [5.41, 5.74) is 4.46. The van der Waals surface area contributed by atoms with E-state index in [4.69, 9.17) is 0 Å². The van der Waals surface area contributed by atoms with Gasteiger partial charge in [0.15, 0.2) is 0 Å². The van der Waals surface area contributed by atoms with Crippen molar-refractivity contribution in [3.63, 3.8) is 0 Å². The molecule has 0 amide bonds. The van der Waals surface area contributed by atoms with Gasteiger partial charge in [0, 0.05) is 16.1 Å². The van der Waals surface area contributed by atoms with Gasteiger partial charge >= 0.3 is 0 Å². The van der Waals surface area contributed by atoms with Gasteiger partial charge in [-0.1, -0.05) is 64.9 Å². The lowest BCUT2D eigenvalue weighted by molar-refractivity contribution is 1.35. The zero-order valence-corrected chi connectivity index (χ0v) is 18.1. The van der Waals surface area contributed by atoms with Crippen LogP contribution in [0.15, 0.2) is 12.1 Å². The van der Waals surface area contributed by atoms with E-state index in [9.17, 15) is 0 Å². The molecule has 114 valence electrons. The maximum atomic E-state index is 2.58. The Labute approximate surface area is 130 Å². The van der Waals surface area contributed by atoms with Gasteiger partial charge < -0.3 is 0 Å². The van der Waals surface area contributed by atoms with Gasteiger partial charge in [-0.3, -0.25) is 0 Å². The van der Waals surface area contributed by atoms with Crippen molar-refractivity contribution in [1.29, 1.82) is 0 Å². The molecule has 20 heavy (non-hydrogen) atoms. The number of hydrogen-bond donors (Lipinski definition) is 0. The molecule has 0 saturated heterocycles. The smallest absolute Gasteiger partial charge is 0.0495 e. The number of hydrogen-bond acceptors (Lipinski definition) is 0. The Morgan fingerprint density at radius 3 is 1.45 bits per heavy atom. The second-order valence-corrected chi connectivity index (χ2v) is 22.8. The van der Waals surface area contributed by atoms with Crippen LogP contribution < -0.4 is 5.30 Å². The molecule has 1 atom stereocenters. The highest BCUT2D eigenvalue weighted by Crippen LogP contribution is 2.47. The van der Waals surface area contributed by atoms with Gasteiger partial charge in [-0.2, -0.15) is 0 Å². The predicted octanol–water partition coefficient (Wildman–Crippen LogP) is 5.47. The van der Waals surface area contributed by atoms with E-state index >= 15 is 0 Å². The second kappa shape index (κ2) is 6.06. The Hall–Kier alpha value is 0.0838. The summed E-state index contributed by atoms with van der Waals surface area (Å²) >= 11 is 0. The first-order valence-corrected chi connectivity index (χ1v) is 16.7. The topological polar surface area (TPSA) is 0 Å². The minimum absolute atomic E-state index is 0.0458. The molecular weight excluding hydrogens is 291 g/mol. The standard InChI is InChI=1S/C17H33PSi2/c1-13-11-14(2)16(15(3)12-13)18(4)17(19(5,6)7)20(8,9)10/h11-12,17H,1-10H3. The Kier molecular flexibility index (Phi) is 5.50. The molecule has 0 aliphatic rings. The Morgan fingerprint density at radius 2 is 1.15 bits per heavy atom. The van der Waals surface area contributed by atoms with Crippen molar-refractivity contribution in [1.82, 2.24) is 0 Å². The van der Waals surface area contributed by atoms with Gasteiger partial charge in [0.05, 0.1) is 0 Å². The zero-order chi connectivity index (χ0) is 15.9. The fraction of sp³-hybridized carbons (Fsp3) is 0.647. The van der Waals surface area contributed by atoms with E-state index < -0.39 is 16.1 Å². The van der Waals surface area contributed by atoms with Crippen molar-refractivity contribution in [2.75, 3.05) is 6.66 Å². The van der Waals surface area contributed by atoms with Crippen LogP contribution in [-0.4, -0.2) is 27.7 Å². The summed E-state index contributed by atoms with van der Waals surface area (Å²) in [5, 5.41) is 1.69. The highest BCUT2D eigenvalue weighted by atomic mass is 31.1. The van der Waals surface area contributed by atoms with E-state index in [1.807, 2.05) is 0 Å². The van der Waals surface area contributed by atoms with E-state index in [2.05, 4.69) is 78.9 Å². The predicted molar refractivity (Wildman–Crippen MR) is 104 cm³/mol. The molecule has 0 N–H and O–H groups in total. The van der Waals surface area contributed by atoms with Crippen LogP contribution in [0, 0.1) is 20.8 Å². The first-order chi connectivity index (χ1) is 8.85. The summed E-state index contributed by atoms with van der Waals surface area (Å²) < 4.78 is 0. The van der Waals surface area contributed by atoms with E-state index in [0.29, 0.717) is 0 Å². The number of aryl methyl sites for hydroxylation is 3. The molecule has 0 aromatic heterocycles. The Bertz CT molecular complexity index is 444. The van der Waals surface area contributed by atoms with Crippen LogP contribution >= 0.6 is 7.92 Å². The monoisotopic (exact) mass is 324 g/mol. The summed E-state index contributed by atoms with van der Waals surface area (Å²) in [6, 6.07) is 4.76. The lowest BCUT2D eigenvalue weighted by Crippen LogP contribution is -2.53. The molecule has 0 spiro atoms. The molecule has 0 nitrogen and oxygen atoms in total. The van der Waals surface area contributed by atoms with Gasteiger partial charge in [0.25, 0.3) is 0 Å². The first kappa shape index (κ1) is 18.1. The minimum Gasteiger partial charge on any atom is -0.0802 e. The van der Waals surface area contributed by atoms with Crippen LogP contribution in [0.2, 0.25) is 39.3 Å². The van der Waals surface area contributed by atoms with Gasteiger partial charge in [-0.15, -0.1) is 0 Å². The largest absolute Gasteiger partial charge is 0.0802 e. The van der Waals surface area contributed by atoms with E-state index in [0.717, 1.165) is 4.91 Å². The van der Waals surface area contributed by atoms with Gasteiger partial charge in [0.1, 0.15) is 0 Å². The number of rotatable bonds is 4. The molecule has 0 saturated carbocycles. The fourth-order valence-electron chi connectivity index (χ4n) is 4.32. The quantitative estimate of drug-likeness (QED) is 0.509. The molecule has 1 unspecified atom stereocenters. The average Bonchev–Trinajstić information content (AvgIpc) is 2.09. The van der Waals surface area contributed by atoms with Crippen molar-refractivity contribution >= 4 is 29.4 Å². The summed E-state index contributed by atoms with van der Waals surface area (Å²) in [4.78, 5) is 0.991. The van der Waals surface area contributed by atoms with Crippen LogP contribution in [0.4, 0.5) is 0 Å². The van der Waals surface area contributed by atoms with Crippen LogP contribution in [0.1, 0.15) is 16.7 Å². The van der Waals surface area contributed by atoms with E-state index in [-0.39, 0.29) is 7.92 Å². The molecule has 0 fully saturated rings. The first-order valence-electron chi connectivity index (χ1n) is 7.66. The second-order valence-electron chi connectivity index (χ2n) is 8.49. The van der Waals surface area contributed by atoms with Crippen LogP contribution in [0.5, 0.6) is 0 Å². The van der Waals surface area contributed by atoms with Crippen LogP contribution in [-0.2, 0) is 0 Å². The fourth-order valence-corrected chi connectivity index (χ4v) is 26.3. The highest BCUT2D eigenvalue weighted by molar-refractivity contribution is 7.71. The molecule has 0 aliphatic carbocycles. The van der Waals surface area contributed by atoms with E-state index in [1.165, 1.54) is 16.7 Å². The minimum atomic E-state index is -1.14. The summed E-state index contributed by atoms with van der Waals surface area (Å²) in [7, 11) is -2.32. The van der Waals surface area contributed by atoms with Crippen LogP contribution in [0.3, 0.4) is 0 Å². The van der Waals surface area contributed by atoms with Crippen molar-refractivity contribution in [2.24, 2.45) is 0 Å². The Morgan fingerprint density at radius 1 is 0.800 bits per heavy atom. The van der Waals surface area contributed by atoms with Crippen molar-refractivity contribution in [3.8, 4) is 0 Å². The molecule has 0 heterocycles. The maximum Gasteiger partial charge on any atom is 0.0495 e. The molecule has 1 aromatic rings. The summed E-state index contributed by atoms with van der Waals surface area (Å²) in [6.07, 6.45) is 0.